The summed E-state index contributed by atoms with van der Waals surface area (Å²) in [5, 5.41) is 10.1. The third-order valence-corrected chi connectivity index (χ3v) is 3.70. The molecule has 0 bridgehead atoms. The van der Waals surface area contributed by atoms with Crippen molar-refractivity contribution >= 4 is 6.03 Å². The monoisotopic (exact) mass is 280 g/mol. The maximum atomic E-state index is 12.2. The van der Waals surface area contributed by atoms with E-state index >= 15 is 0 Å². The zero-order chi connectivity index (χ0) is 14.5. The standard InChI is InChI=1S/C14H24N4O2/c1-10(8-12-9-11(2)16-17-12)15-14(19)18(3)13-4-6-20-7-5-13/h9-10,13H,4-8H2,1-3H3,(H,15,19)(H,16,17). The zero-order valence-corrected chi connectivity index (χ0v) is 12.5. The molecule has 0 saturated carbocycles. The molecule has 2 amide bonds. The van der Waals surface area contributed by atoms with Gasteiger partial charge in [-0.05, 0) is 32.8 Å². The van der Waals surface area contributed by atoms with Gasteiger partial charge in [0, 0.05) is 44.5 Å². The molecular weight excluding hydrogens is 256 g/mol. The molecule has 0 aliphatic carbocycles. The topological polar surface area (TPSA) is 70.2 Å². The number of H-pyrrole nitrogens is 1. The fourth-order valence-corrected chi connectivity index (χ4v) is 2.49. The molecule has 2 heterocycles. The number of nitrogens with zero attached hydrogens (tertiary/aromatic N) is 2. The van der Waals surface area contributed by atoms with Crippen molar-refractivity contribution in [2.45, 2.75) is 45.2 Å². The molecule has 2 rings (SSSR count). The summed E-state index contributed by atoms with van der Waals surface area (Å²) in [4.78, 5) is 14.0. The molecule has 1 aromatic rings. The molecule has 0 spiro atoms. The number of aryl methyl sites for hydroxylation is 1. The largest absolute Gasteiger partial charge is 0.381 e. The van der Waals surface area contributed by atoms with E-state index in [0.29, 0.717) is 0 Å². The second-order valence-electron chi connectivity index (χ2n) is 5.55. The van der Waals surface area contributed by atoms with Gasteiger partial charge in [0.2, 0.25) is 0 Å². The van der Waals surface area contributed by atoms with Gasteiger partial charge in [0.1, 0.15) is 0 Å². The van der Waals surface area contributed by atoms with Crippen LogP contribution in [0.15, 0.2) is 6.07 Å². The number of amides is 2. The van der Waals surface area contributed by atoms with E-state index in [1.807, 2.05) is 27.0 Å². The number of aromatic amines is 1. The van der Waals surface area contributed by atoms with E-state index in [4.69, 9.17) is 4.74 Å². The summed E-state index contributed by atoms with van der Waals surface area (Å²) in [7, 11) is 1.86. The lowest BCUT2D eigenvalue weighted by Gasteiger charge is -2.32. The highest BCUT2D eigenvalue weighted by Crippen LogP contribution is 2.13. The van der Waals surface area contributed by atoms with Crippen molar-refractivity contribution in [1.29, 1.82) is 0 Å². The summed E-state index contributed by atoms with van der Waals surface area (Å²) in [6, 6.07) is 2.33. The fraction of sp³-hybridized carbons (Fsp3) is 0.714. The van der Waals surface area contributed by atoms with Gasteiger partial charge in [-0.3, -0.25) is 5.10 Å². The number of nitrogens with one attached hydrogen (secondary N) is 2. The van der Waals surface area contributed by atoms with E-state index in [9.17, 15) is 4.79 Å². The summed E-state index contributed by atoms with van der Waals surface area (Å²) in [5.41, 5.74) is 2.02. The highest BCUT2D eigenvalue weighted by atomic mass is 16.5. The molecule has 1 saturated heterocycles. The van der Waals surface area contributed by atoms with Crippen LogP contribution in [0.4, 0.5) is 4.79 Å². The zero-order valence-electron chi connectivity index (χ0n) is 12.5. The molecule has 1 atom stereocenters. The SMILES string of the molecule is Cc1cc(CC(C)NC(=O)N(C)C2CCOCC2)n[nH]1. The van der Waals surface area contributed by atoms with Gasteiger partial charge < -0.3 is 15.0 Å². The number of aromatic nitrogens is 2. The quantitative estimate of drug-likeness (QED) is 0.877. The first kappa shape index (κ1) is 14.8. The molecule has 1 aromatic heterocycles. The van der Waals surface area contributed by atoms with Crippen molar-refractivity contribution in [2.75, 3.05) is 20.3 Å². The summed E-state index contributed by atoms with van der Waals surface area (Å²) in [6.45, 7) is 5.45. The first-order chi connectivity index (χ1) is 9.56. The Bertz CT molecular complexity index is 440. The number of hydrogen-bond acceptors (Lipinski definition) is 3. The molecule has 1 aliphatic rings. The van der Waals surface area contributed by atoms with Crippen molar-refractivity contribution in [3.05, 3.63) is 17.5 Å². The Morgan fingerprint density at radius 2 is 2.30 bits per heavy atom. The number of carbonyl (C=O) groups is 1. The lowest BCUT2D eigenvalue weighted by atomic mass is 10.1. The molecule has 0 radical (unpaired) electrons. The first-order valence-corrected chi connectivity index (χ1v) is 7.18. The van der Waals surface area contributed by atoms with Crippen molar-refractivity contribution in [1.82, 2.24) is 20.4 Å². The van der Waals surface area contributed by atoms with Gasteiger partial charge in [-0.2, -0.15) is 5.10 Å². The summed E-state index contributed by atoms with van der Waals surface area (Å²) < 4.78 is 5.32. The van der Waals surface area contributed by atoms with E-state index in [0.717, 1.165) is 43.9 Å². The van der Waals surface area contributed by atoms with Crippen molar-refractivity contribution < 1.29 is 9.53 Å². The molecule has 6 nitrogen and oxygen atoms in total. The van der Waals surface area contributed by atoms with Crippen molar-refractivity contribution in [2.24, 2.45) is 0 Å². The van der Waals surface area contributed by atoms with Crippen LogP contribution < -0.4 is 5.32 Å². The Morgan fingerprint density at radius 1 is 1.60 bits per heavy atom. The highest BCUT2D eigenvalue weighted by Gasteiger charge is 2.23. The van der Waals surface area contributed by atoms with E-state index < -0.39 is 0 Å². The van der Waals surface area contributed by atoms with Gasteiger partial charge >= 0.3 is 6.03 Å². The fourth-order valence-electron chi connectivity index (χ4n) is 2.49. The Hall–Kier alpha value is -1.56. The molecule has 6 heteroatoms. The van der Waals surface area contributed by atoms with Crippen molar-refractivity contribution in [3.63, 3.8) is 0 Å². The summed E-state index contributed by atoms with van der Waals surface area (Å²) in [5.74, 6) is 0. The molecule has 2 N–H and O–H groups in total. The van der Waals surface area contributed by atoms with Crippen molar-refractivity contribution in [3.8, 4) is 0 Å². The minimum Gasteiger partial charge on any atom is -0.381 e. The third-order valence-electron chi connectivity index (χ3n) is 3.70. The van der Waals surface area contributed by atoms with Crippen LogP contribution in [0.1, 0.15) is 31.2 Å². The first-order valence-electron chi connectivity index (χ1n) is 7.18. The van der Waals surface area contributed by atoms with Gasteiger partial charge in [-0.15, -0.1) is 0 Å². The number of urea groups is 1. The maximum absolute atomic E-state index is 12.2. The van der Waals surface area contributed by atoms with E-state index in [2.05, 4.69) is 15.5 Å². The van der Waals surface area contributed by atoms with E-state index in [-0.39, 0.29) is 18.1 Å². The average molecular weight is 280 g/mol. The minimum atomic E-state index is -0.0170. The van der Waals surface area contributed by atoms with Crippen LogP contribution in [0.5, 0.6) is 0 Å². The molecule has 1 fully saturated rings. The predicted molar refractivity (Wildman–Crippen MR) is 76.6 cm³/mol. The molecule has 112 valence electrons. The second kappa shape index (κ2) is 6.74. The van der Waals surface area contributed by atoms with Gasteiger partial charge in [0.15, 0.2) is 0 Å². The maximum Gasteiger partial charge on any atom is 0.317 e. The lowest BCUT2D eigenvalue weighted by Crippen LogP contribution is -2.48. The highest BCUT2D eigenvalue weighted by molar-refractivity contribution is 5.74. The molecular formula is C14H24N4O2. The Morgan fingerprint density at radius 3 is 2.90 bits per heavy atom. The smallest absolute Gasteiger partial charge is 0.317 e. The molecule has 20 heavy (non-hydrogen) atoms. The summed E-state index contributed by atoms with van der Waals surface area (Å²) in [6.07, 6.45) is 2.56. The van der Waals surface area contributed by atoms with E-state index in [1.54, 1.807) is 4.90 Å². The predicted octanol–water partition coefficient (Wildman–Crippen LogP) is 1.47. The Balaban J connectivity index is 1.80. The van der Waals surface area contributed by atoms with Gasteiger partial charge in [0.25, 0.3) is 0 Å². The van der Waals surface area contributed by atoms with Crippen LogP contribution in [-0.4, -0.2) is 53.5 Å². The van der Waals surface area contributed by atoms with Crippen LogP contribution in [0.3, 0.4) is 0 Å². The Labute approximate surface area is 119 Å². The van der Waals surface area contributed by atoms with Crippen LogP contribution in [-0.2, 0) is 11.2 Å². The lowest BCUT2D eigenvalue weighted by molar-refractivity contribution is 0.0523. The number of hydrogen-bond donors (Lipinski definition) is 2. The van der Waals surface area contributed by atoms with Gasteiger partial charge in [-0.25, -0.2) is 4.79 Å². The third kappa shape index (κ3) is 3.96. The normalized spacial score (nSPS) is 17.8. The average Bonchev–Trinajstić information content (AvgIpc) is 2.84. The molecule has 0 aromatic carbocycles. The van der Waals surface area contributed by atoms with Gasteiger partial charge in [-0.1, -0.05) is 0 Å². The van der Waals surface area contributed by atoms with Crippen LogP contribution in [0, 0.1) is 6.92 Å². The number of rotatable bonds is 4. The minimum absolute atomic E-state index is 0.0170. The van der Waals surface area contributed by atoms with E-state index in [1.165, 1.54) is 0 Å². The molecule has 1 aliphatic heterocycles. The van der Waals surface area contributed by atoms with Gasteiger partial charge in [0.05, 0.1) is 5.69 Å². The Kier molecular flexibility index (Phi) is 5.00. The summed E-state index contributed by atoms with van der Waals surface area (Å²) >= 11 is 0. The number of carbonyl (C=O) groups excluding carboxylic acids is 1. The van der Waals surface area contributed by atoms with Crippen LogP contribution in [0.25, 0.3) is 0 Å². The molecule has 1 unspecified atom stereocenters. The van der Waals surface area contributed by atoms with Crippen LogP contribution >= 0.6 is 0 Å². The second-order valence-corrected chi connectivity index (χ2v) is 5.55. The number of ether oxygens (including phenoxy) is 1. The van der Waals surface area contributed by atoms with Crippen LogP contribution in [0.2, 0.25) is 0 Å².